The topological polar surface area (TPSA) is 108 Å². The van der Waals surface area contributed by atoms with Gasteiger partial charge >= 0.3 is 6.09 Å². The van der Waals surface area contributed by atoms with Gasteiger partial charge in [0.1, 0.15) is 6.61 Å². The molecule has 0 atom stereocenters. The average molecular weight is 390 g/mol. The molecule has 1 saturated heterocycles. The van der Waals surface area contributed by atoms with E-state index in [1.165, 1.54) is 28.9 Å². The van der Waals surface area contributed by atoms with Crippen molar-refractivity contribution in [3.05, 3.63) is 30.2 Å². The number of hydrogen-bond donors (Lipinski definition) is 1. The van der Waals surface area contributed by atoms with Crippen molar-refractivity contribution in [3.63, 3.8) is 0 Å². The summed E-state index contributed by atoms with van der Waals surface area (Å²) in [5.74, 6) is -1.94. The quantitative estimate of drug-likeness (QED) is 0.684. The molecule has 2 N–H and O–H groups in total. The molecule has 4 rings (SSSR count). The van der Waals surface area contributed by atoms with E-state index in [1.54, 1.807) is 13.8 Å². The molecule has 0 aromatic carbocycles. The van der Waals surface area contributed by atoms with E-state index in [4.69, 9.17) is 15.2 Å². The van der Waals surface area contributed by atoms with E-state index >= 15 is 0 Å². The van der Waals surface area contributed by atoms with E-state index in [0.29, 0.717) is 0 Å². The molecule has 3 aromatic rings. The number of ether oxygens (including phenoxy) is 2. The minimum absolute atomic E-state index is 0.159. The van der Waals surface area contributed by atoms with Gasteiger partial charge < -0.3 is 15.2 Å². The van der Waals surface area contributed by atoms with Crippen LogP contribution in [0.2, 0.25) is 0 Å². The molecule has 3 aromatic heterocycles. The first-order valence-corrected chi connectivity index (χ1v) is 8.24. The summed E-state index contributed by atoms with van der Waals surface area (Å²) in [5, 5.41) is 4.11. The summed E-state index contributed by atoms with van der Waals surface area (Å²) in [5.41, 5.74) is 4.82. The van der Waals surface area contributed by atoms with Crippen molar-refractivity contribution in [2.75, 3.05) is 24.4 Å². The number of carbonyl (C=O) groups excluding carboxylic acids is 1. The van der Waals surface area contributed by atoms with Crippen LogP contribution in [-0.2, 0) is 4.74 Å². The standard InChI is InChI=1S/C17H16F2N6O3/c1-17(2)7-28-16(26)25(17)15-11(27-3)6-24-14(23-15)9(5-21-24)8-4-10(18)13(20)22-12(8)19/h4-6H,7H2,1-3H3,(H2,20,22). The third-order valence-corrected chi connectivity index (χ3v) is 4.46. The minimum atomic E-state index is -0.964. The summed E-state index contributed by atoms with van der Waals surface area (Å²) < 4.78 is 40.0. The molecule has 0 radical (unpaired) electrons. The second-order valence-electron chi connectivity index (χ2n) is 6.86. The Kier molecular flexibility index (Phi) is 3.84. The van der Waals surface area contributed by atoms with E-state index in [-0.39, 0.29) is 34.9 Å². The molecule has 1 aliphatic heterocycles. The molecule has 0 bridgehead atoms. The molecule has 1 aliphatic rings. The molecule has 1 fully saturated rings. The van der Waals surface area contributed by atoms with Gasteiger partial charge in [-0.15, -0.1) is 0 Å². The fourth-order valence-corrected chi connectivity index (χ4v) is 3.04. The number of methoxy groups -OCH3 is 1. The Bertz CT molecular complexity index is 1110. The first kappa shape index (κ1) is 17.9. The fourth-order valence-electron chi connectivity index (χ4n) is 3.04. The van der Waals surface area contributed by atoms with Crippen LogP contribution in [0.1, 0.15) is 13.8 Å². The van der Waals surface area contributed by atoms with Crippen LogP contribution in [0, 0.1) is 11.8 Å². The molecule has 146 valence electrons. The molecule has 1 amide bonds. The number of amides is 1. The van der Waals surface area contributed by atoms with Gasteiger partial charge in [-0.1, -0.05) is 0 Å². The second-order valence-corrected chi connectivity index (χ2v) is 6.86. The average Bonchev–Trinajstić information content (AvgIpc) is 3.16. The maximum atomic E-state index is 14.3. The van der Waals surface area contributed by atoms with E-state index in [0.717, 1.165) is 6.07 Å². The number of carbonyl (C=O) groups is 1. The number of halogens is 2. The number of hydrogen-bond acceptors (Lipinski definition) is 7. The highest BCUT2D eigenvalue weighted by atomic mass is 19.1. The zero-order chi connectivity index (χ0) is 20.2. The van der Waals surface area contributed by atoms with Gasteiger partial charge in [0.15, 0.2) is 28.8 Å². The van der Waals surface area contributed by atoms with Crippen molar-refractivity contribution < 1.29 is 23.0 Å². The summed E-state index contributed by atoms with van der Waals surface area (Å²) in [6.07, 6.45) is 2.21. The molecule has 9 nitrogen and oxygen atoms in total. The lowest BCUT2D eigenvalue weighted by molar-refractivity contribution is 0.175. The zero-order valence-corrected chi connectivity index (χ0v) is 15.2. The third-order valence-electron chi connectivity index (χ3n) is 4.46. The number of nitrogens with two attached hydrogens (primary N) is 1. The third kappa shape index (κ3) is 2.58. The van der Waals surface area contributed by atoms with Crippen molar-refractivity contribution in [2.45, 2.75) is 19.4 Å². The van der Waals surface area contributed by atoms with E-state index in [2.05, 4.69) is 15.1 Å². The lowest BCUT2D eigenvalue weighted by Gasteiger charge is -2.27. The van der Waals surface area contributed by atoms with Crippen LogP contribution in [0.3, 0.4) is 0 Å². The summed E-state index contributed by atoms with van der Waals surface area (Å²) >= 11 is 0. The van der Waals surface area contributed by atoms with Crippen LogP contribution in [0.15, 0.2) is 18.5 Å². The van der Waals surface area contributed by atoms with Gasteiger partial charge in [-0.2, -0.15) is 14.5 Å². The highest BCUT2D eigenvalue weighted by Gasteiger charge is 2.43. The van der Waals surface area contributed by atoms with Crippen molar-refractivity contribution in [3.8, 4) is 16.9 Å². The number of pyridine rings is 1. The monoisotopic (exact) mass is 390 g/mol. The maximum Gasteiger partial charge on any atom is 0.416 e. The summed E-state index contributed by atoms with van der Waals surface area (Å²) in [4.78, 5) is 21.4. The van der Waals surface area contributed by atoms with Gasteiger partial charge in [-0.3, -0.25) is 0 Å². The first-order chi connectivity index (χ1) is 13.2. The van der Waals surface area contributed by atoms with Crippen LogP contribution in [0.4, 0.5) is 25.2 Å². The van der Waals surface area contributed by atoms with Gasteiger partial charge in [0.25, 0.3) is 0 Å². The van der Waals surface area contributed by atoms with Crippen LogP contribution < -0.4 is 15.4 Å². The zero-order valence-electron chi connectivity index (χ0n) is 15.2. The predicted octanol–water partition coefficient (Wildman–Crippen LogP) is 2.40. The van der Waals surface area contributed by atoms with Crippen molar-refractivity contribution >= 4 is 23.4 Å². The Morgan fingerprint density at radius 2 is 2.04 bits per heavy atom. The van der Waals surface area contributed by atoms with E-state index in [1.807, 2.05) is 0 Å². The summed E-state index contributed by atoms with van der Waals surface area (Å²) in [7, 11) is 1.42. The SMILES string of the molecule is COc1cn2ncc(-c3cc(F)c(N)nc3F)c2nc1N1C(=O)OCC1(C)C. The number of aromatic nitrogens is 4. The Morgan fingerprint density at radius 1 is 1.29 bits per heavy atom. The molecular formula is C17H16F2N6O3. The fraction of sp³-hybridized carbons (Fsp3) is 0.294. The smallest absolute Gasteiger partial charge is 0.416 e. The number of nitrogen functional groups attached to an aromatic ring is 1. The van der Waals surface area contributed by atoms with Gasteiger partial charge in [-0.05, 0) is 19.9 Å². The Morgan fingerprint density at radius 3 is 2.68 bits per heavy atom. The Balaban J connectivity index is 1.96. The minimum Gasteiger partial charge on any atom is -0.491 e. The van der Waals surface area contributed by atoms with Crippen molar-refractivity contribution in [1.82, 2.24) is 19.6 Å². The van der Waals surface area contributed by atoms with E-state index < -0.39 is 29.2 Å². The van der Waals surface area contributed by atoms with Crippen molar-refractivity contribution in [1.29, 1.82) is 0 Å². The number of nitrogens with zero attached hydrogens (tertiary/aromatic N) is 5. The predicted molar refractivity (Wildman–Crippen MR) is 95.0 cm³/mol. The largest absolute Gasteiger partial charge is 0.491 e. The van der Waals surface area contributed by atoms with Crippen LogP contribution in [0.5, 0.6) is 5.75 Å². The molecule has 4 heterocycles. The molecule has 11 heteroatoms. The number of fused-ring (bicyclic) bond motifs is 1. The lowest BCUT2D eigenvalue weighted by Crippen LogP contribution is -2.42. The van der Waals surface area contributed by atoms with Crippen LogP contribution >= 0.6 is 0 Å². The first-order valence-electron chi connectivity index (χ1n) is 8.24. The molecule has 0 spiro atoms. The Labute approximate surface area is 157 Å². The number of cyclic esters (lactones) is 1. The highest BCUT2D eigenvalue weighted by Crippen LogP contribution is 2.37. The molecular weight excluding hydrogens is 374 g/mol. The van der Waals surface area contributed by atoms with Gasteiger partial charge in [0.2, 0.25) is 5.95 Å². The van der Waals surface area contributed by atoms with Gasteiger partial charge in [-0.25, -0.2) is 23.6 Å². The van der Waals surface area contributed by atoms with Gasteiger partial charge in [0, 0.05) is 5.56 Å². The Hall–Kier alpha value is -3.50. The lowest BCUT2D eigenvalue weighted by atomic mass is 10.1. The molecule has 0 saturated carbocycles. The number of anilines is 2. The summed E-state index contributed by atoms with van der Waals surface area (Å²) in [6, 6.07) is 0.925. The molecule has 0 unspecified atom stereocenters. The highest BCUT2D eigenvalue weighted by molar-refractivity contribution is 5.92. The molecule has 28 heavy (non-hydrogen) atoms. The summed E-state index contributed by atoms with van der Waals surface area (Å²) in [6.45, 7) is 3.77. The van der Waals surface area contributed by atoms with Gasteiger partial charge in [0.05, 0.1) is 30.6 Å². The molecule has 0 aliphatic carbocycles. The van der Waals surface area contributed by atoms with Crippen LogP contribution in [-0.4, -0.2) is 44.9 Å². The van der Waals surface area contributed by atoms with Crippen LogP contribution in [0.25, 0.3) is 16.8 Å². The second kappa shape index (κ2) is 6.01. The normalized spacial score (nSPS) is 15.9. The maximum absolute atomic E-state index is 14.3. The van der Waals surface area contributed by atoms with Crippen molar-refractivity contribution in [2.24, 2.45) is 0 Å². The van der Waals surface area contributed by atoms with E-state index in [9.17, 15) is 13.6 Å². The number of rotatable bonds is 3.